The number of hydrogen-bond acceptors (Lipinski definition) is 4. The highest BCUT2D eigenvalue weighted by atomic mass is 35.5. The van der Waals surface area contributed by atoms with E-state index in [1.807, 2.05) is 26.0 Å². The van der Waals surface area contributed by atoms with E-state index in [0.717, 1.165) is 22.6 Å². The van der Waals surface area contributed by atoms with Gasteiger partial charge in [0.15, 0.2) is 15.5 Å². The summed E-state index contributed by atoms with van der Waals surface area (Å²) in [6.45, 7) is 3.80. The standard InChI is InChI=1S/C21H19Cl3N4O2S/c1-4-13-7-12(5-6-17(13)31(3,29)30)8-18-25-19-11(2)27-28(21(19)26-18)20-15(23)9-14(22)10-16(20)24/h5-7,9-10H,4,8H2,1-3H3,(H,25,26). The summed E-state index contributed by atoms with van der Waals surface area (Å²) in [5.74, 6) is 0.722. The molecule has 0 spiro atoms. The topological polar surface area (TPSA) is 80.6 Å². The van der Waals surface area contributed by atoms with E-state index in [1.54, 1.807) is 22.9 Å². The highest BCUT2D eigenvalue weighted by Gasteiger charge is 2.19. The third-order valence-corrected chi connectivity index (χ3v) is 7.00. The number of rotatable bonds is 5. The van der Waals surface area contributed by atoms with Gasteiger partial charge in [-0.2, -0.15) is 5.10 Å². The first kappa shape index (κ1) is 22.1. The molecule has 2 aromatic carbocycles. The number of benzene rings is 2. The molecule has 2 heterocycles. The molecule has 0 aliphatic heterocycles. The molecule has 10 heteroatoms. The smallest absolute Gasteiger partial charge is 0.175 e. The second-order valence-electron chi connectivity index (χ2n) is 7.34. The second-order valence-corrected chi connectivity index (χ2v) is 10.6. The zero-order valence-electron chi connectivity index (χ0n) is 17.0. The van der Waals surface area contributed by atoms with Gasteiger partial charge in [-0.3, -0.25) is 0 Å². The molecule has 1 N–H and O–H groups in total. The average molecular weight is 498 g/mol. The predicted molar refractivity (Wildman–Crippen MR) is 125 cm³/mol. The molecular weight excluding hydrogens is 479 g/mol. The maximum atomic E-state index is 12.0. The van der Waals surface area contributed by atoms with E-state index in [2.05, 4.69) is 15.1 Å². The largest absolute Gasteiger partial charge is 0.326 e. The van der Waals surface area contributed by atoms with Gasteiger partial charge >= 0.3 is 0 Å². The second kappa shape index (κ2) is 8.13. The van der Waals surface area contributed by atoms with E-state index >= 15 is 0 Å². The summed E-state index contributed by atoms with van der Waals surface area (Å²) in [5, 5.41) is 5.72. The van der Waals surface area contributed by atoms with E-state index in [0.29, 0.717) is 49.7 Å². The van der Waals surface area contributed by atoms with Gasteiger partial charge in [0.2, 0.25) is 0 Å². The zero-order valence-corrected chi connectivity index (χ0v) is 20.1. The third-order valence-electron chi connectivity index (χ3n) is 5.01. The van der Waals surface area contributed by atoms with Crippen LogP contribution in [0, 0.1) is 6.92 Å². The Labute approximate surface area is 195 Å². The Morgan fingerprint density at radius 1 is 1.10 bits per heavy atom. The quantitative estimate of drug-likeness (QED) is 0.391. The first-order valence-electron chi connectivity index (χ1n) is 9.49. The normalized spacial score (nSPS) is 12.1. The molecule has 0 saturated heterocycles. The van der Waals surface area contributed by atoms with Crippen LogP contribution >= 0.6 is 34.8 Å². The molecule has 0 aliphatic carbocycles. The van der Waals surface area contributed by atoms with E-state index < -0.39 is 9.84 Å². The number of hydrogen-bond donors (Lipinski definition) is 1. The number of nitrogens with one attached hydrogen (secondary N) is 1. The lowest BCUT2D eigenvalue weighted by molar-refractivity contribution is 0.601. The van der Waals surface area contributed by atoms with Crippen molar-refractivity contribution in [2.45, 2.75) is 31.6 Å². The molecule has 2 aromatic heterocycles. The fourth-order valence-electron chi connectivity index (χ4n) is 3.62. The third kappa shape index (κ3) is 4.20. The van der Waals surface area contributed by atoms with Crippen LogP contribution in [0.4, 0.5) is 0 Å². The molecule has 31 heavy (non-hydrogen) atoms. The van der Waals surface area contributed by atoms with Crippen molar-refractivity contribution in [2.24, 2.45) is 0 Å². The number of aryl methyl sites for hydroxylation is 2. The monoisotopic (exact) mass is 496 g/mol. The molecule has 0 bridgehead atoms. The van der Waals surface area contributed by atoms with Crippen LogP contribution in [-0.2, 0) is 22.7 Å². The number of sulfone groups is 1. The lowest BCUT2D eigenvalue weighted by atomic mass is 10.1. The first-order chi connectivity index (χ1) is 14.6. The Morgan fingerprint density at radius 2 is 1.77 bits per heavy atom. The summed E-state index contributed by atoms with van der Waals surface area (Å²) >= 11 is 18.8. The number of fused-ring (bicyclic) bond motifs is 1. The SMILES string of the molecule is CCc1cc(Cc2nc3c(C)nn(-c4c(Cl)cc(Cl)cc4Cl)c3[nH]2)ccc1S(C)(=O)=O. The molecule has 4 rings (SSSR count). The van der Waals surface area contributed by atoms with Gasteiger partial charge in [-0.1, -0.05) is 53.9 Å². The molecule has 4 aromatic rings. The number of aromatic amines is 1. The minimum absolute atomic E-state index is 0.363. The van der Waals surface area contributed by atoms with Crippen LogP contribution in [0.3, 0.4) is 0 Å². The van der Waals surface area contributed by atoms with E-state index in [1.165, 1.54) is 6.26 Å². The molecule has 0 atom stereocenters. The number of H-pyrrole nitrogens is 1. The van der Waals surface area contributed by atoms with Crippen molar-refractivity contribution >= 4 is 55.8 Å². The van der Waals surface area contributed by atoms with Crippen LogP contribution in [0.1, 0.15) is 29.6 Å². The van der Waals surface area contributed by atoms with Crippen LogP contribution < -0.4 is 0 Å². The number of nitrogens with zero attached hydrogens (tertiary/aromatic N) is 3. The summed E-state index contributed by atoms with van der Waals surface area (Å²) in [4.78, 5) is 8.35. The fourth-order valence-corrected chi connectivity index (χ4v) is 5.59. The van der Waals surface area contributed by atoms with Crippen molar-refractivity contribution < 1.29 is 8.42 Å². The Kier molecular flexibility index (Phi) is 5.81. The Bertz CT molecular complexity index is 1400. The van der Waals surface area contributed by atoms with Gasteiger partial charge < -0.3 is 4.98 Å². The van der Waals surface area contributed by atoms with Gasteiger partial charge in [0, 0.05) is 17.7 Å². The van der Waals surface area contributed by atoms with Gasteiger partial charge in [0.25, 0.3) is 0 Å². The lowest BCUT2D eigenvalue weighted by Crippen LogP contribution is -2.03. The molecule has 0 unspecified atom stereocenters. The molecular formula is C21H19Cl3N4O2S. The van der Waals surface area contributed by atoms with Crippen molar-refractivity contribution in [1.82, 2.24) is 19.7 Å². The van der Waals surface area contributed by atoms with Crippen LogP contribution in [0.15, 0.2) is 35.2 Å². The van der Waals surface area contributed by atoms with Crippen molar-refractivity contribution in [3.8, 4) is 5.69 Å². The van der Waals surface area contributed by atoms with Crippen molar-refractivity contribution in [1.29, 1.82) is 0 Å². The maximum absolute atomic E-state index is 12.0. The molecule has 162 valence electrons. The Morgan fingerprint density at radius 3 is 2.39 bits per heavy atom. The van der Waals surface area contributed by atoms with Crippen molar-refractivity contribution in [3.05, 3.63) is 68.0 Å². The summed E-state index contributed by atoms with van der Waals surface area (Å²) < 4.78 is 25.6. The first-order valence-corrected chi connectivity index (χ1v) is 12.5. The van der Waals surface area contributed by atoms with Crippen LogP contribution in [0.2, 0.25) is 15.1 Å². The molecule has 0 saturated carbocycles. The number of imidazole rings is 1. The lowest BCUT2D eigenvalue weighted by Gasteiger charge is -2.09. The van der Waals surface area contributed by atoms with Gasteiger partial charge in [-0.05, 0) is 42.7 Å². The summed E-state index contributed by atoms with van der Waals surface area (Å²) in [7, 11) is -3.27. The Hall–Kier alpha value is -2.06. The van der Waals surface area contributed by atoms with Gasteiger partial charge in [0.1, 0.15) is 17.0 Å². The van der Waals surface area contributed by atoms with Crippen LogP contribution in [-0.4, -0.2) is 34.4 Å². The molecule has 0 aliphatic rings. The highest BCUT2D eigenvalue weighted by molar-refractivity contribution is 7.90. The summed E-state index contributed by atoms with van der Waals surface area (Å²) in [6.07, 6.45) is 2.35. The number of aromatic nitrogens is 4. The number of halogens is 3. The van der Waals surface area contributed by atoms with E-state index in [-0.39, 0.29) is 0 Å². The van der Waals surface area contributed by atoms with Gasteiger partial charge in [0.05, 0.1) is 20.6 Å². The maximum Gasteiger partial charge on any atom is 0.175 e. The highest BCUT2D eigenvalue weighted by Crippen LogP contribution is 2.34. The average Bonchev–Trinajstić information content (AvgIpc) is 3.20. The predicted octanol–water partition coefficient (Wildman–Crippen LogP) is 5.57. The minimum atomic E-state index is -3.27. The molecule has 0 fully saturated rings. The van der Waals surface area contributed by atoms with Crippen molar-refractivity contribution in [3.63, 3.8) is 0 Å². The van der Waals surface area contributed by atoms with Gasteiger partial charge in [-0.15, -0.1) is 0 Å². The van der Waals surface area contributed by atoms with E-state index in [4.69, 9.17) is 34.8 Å². The molecule has 6 nitrogen and oxygen atoms in total. The summed E-state index contributed by atoms with van der Waals surface area (Å²) in [6, 6.07) is 8.61. The van der Waals surface area contributed by atoms with Crippen LogP contribution in [0.25, 0.3) is 16.9 Å². The minimum Gasteiger partial charge on any atom is -0.326 e. The van der Waals surface area contributed by atoms with Gasteiger partial charge in [-0.25, -0.2) is 18.1 Å². The fraction of sp³-hybridized carbons (Fsp3) is 0.238. The zero-order chi connectivity index (χ0) is 22.5. The summed E-state index contributed by atoms with van der Waals surface area (Å²) in [5.41, 5.74) is 4.37. The van der Waals surface area contributed by atoms with Crippen molar-refractivity contribution in [2.75, 3.05) is 6.26 Å². The van der Waals surface area contributed by atoms with Crippen LogP contribution in [0.5, 0.6) is 0 Å². The Balaban J connectivity index is 1.76. The van der Waals surface area contributed by atoms with E-state index in [9.17, 15) is 8.42 Å². The molecule has 0 amide bonds. The molecule has 0 radical (unpaired) electrons.